The highest BCUT2D eigenvalue weighted by molar-refractivity contribution is 14.1. The minimum atomic E-state index is -0.798. The molecule has 1 saturated heterocycles. The first-order chi connectivity index (χ1) is 8.19. The predicted molar refractivity (Wildman–Crippen MR) is 79.0 cm³/mol. The first kappa shape index (κ1) is 13.6. The van der Waals surface area contributed by atoms with Crippen molar-refractivity contribution in [2.75, 3.05) is 10.2 Å². The summed E-state index contributed by atoms with van der Waals surface area (Å²) in [7, 11) is 0. The highest BCUT2D eigenvalue weighted by Crippen LogP contribution is 2.29. The third-order valence-corrected chi connectivity index (χ3v) is 4.95. The Morgan fingerprint density at radius 2 is 2.12 bits per heavy atom. The Labute approximate surface area is 120 Å². The van der Waals surface area contributed by atoms with E-state index >= 15 is 0 Å². The van der Waals surface area contributed by atoms with Gasteiger partial charge in [-0.15, -0.1) is 11.8 Å². The van der Waals surface area contributed by atoms with Crippen molar-refractivity contribution >= 4 is 34.4 Å². The lowest BCUT2D eigenvalue weighted by molar-refractivity contribution is 0.0561. The summed E-state index contributed by atoms with van der Waals surface area (Å²) in [6.45, 7) is 2.07. The van der Waals surface area contributed by atoms with Gasteiger partial charge in [-0.3, -0.25) is 0 Å². The van der Waals surface area contributed by atoms with Crippen LogP contribution in [0.25, 0.3) is 0 Å². The van der Waals surface area contributed by atoms with Crippen LogP contribution in [0.3, 0.4) is 0 Å². The van der Waals surface area contributed by atoms with Crippen LogP contribution in [0, 0.1) is 6.92 Å². The van der Waals surface area contributed by atoms with Gasteiger partial charge in [0.1, 0.15) is 6.17 Å². The molecule has 0 bridgehead atoms. The van der Waals surface area contributed by atoms with Gasteiger partial charge in [0.25, 0.3) is 0 Å². The van der Waals surface area contributed by atoms with E-state index in [0.29, 0.717) is 12.2 Å². The minimum absolute atomic E-state index is 0.106. The van der Waals surface area contributed by atoms with Crippen LogP contribution in [0.4, 0.5) is 4.39 Å². The van der Waals surface area contributed by atoms with Crippen molar-refractivity contribution in [2.24, 2.45) is 0 Å². The van der Waals surface area contributed by atoms with Gasteiger partial charge in [-0.25, -0.2) is 4.39 Å². The molecule has 0 aromatic heterocycles. The molecule has 0 amide bonds. The zero-order valence-corrected chi connectivity index (χ0v) is 12.7. The maximum Gasteiger partial charge on any atom is 0.129 e. The van der Waals surface area contributed by atoms with Crippen LogP contribution < -0.4 is 0 Å². The summed E-state index contributed by atoms with van der Waals surface area (Å²) >= 11 is 3.93. The van der Waals surface area contributed by atoms with Gasteiger partial charge >= 0.3 is 0 Å². The van der Waals surface area contributed by atoms with Crippen molar-refractivity contribution in [3.63, 3.8) is 0 Å². The van der Waals surface area contributed by atoms with E-state index in [2.05, 4.69) is 53.8 Å². The molecule has 1 aromatic carbocycles. The van der Waals surface area contributed by atoms with Crippen molar-refractivity contribution in [3.05, 3.63) is 29.8 Å². The van der Waals surface area contributed by atoms with Gasteiger partial charge in [-0.05, 0) is 19.1 Å². The molecule has 17 heavy (non-hydrogen) atoms. The number of rotatable bonds is 4. The van der Waals surface area contributed by atoms with Crippen LogP contribution in [0.2, 0.25) is 0 Å². The second-order valence-corrected chi connectivity index (χ2v) is 6.30. The monoisotopic (exact) mass is 366 g/mol. The van der Waals surface area contributed by atoms with E-state index in [1.54, 1.807) is 11.8 Å². The summed E-state index contributed by atoms with van der Waals surface area (Å²) in [4.78, 5) is 1.18. The maximum atomic E-state index is 13.7. The first-order valence-corrected chi connectivity index (χ1v) is 8.25. The summed E-state index contributed by atoms with van der Waals surface area (Å²) in [6, 6.07) is 8.33. The van der Waals surface area contributed by atoms with E-state index < -0.39 is 6.17 Å². The molecule has 1 heterocycles. The topological polar surface area (TPSA) is 9.23 Å². The van der Waals surface area contributed by atoms with Gasteiger partial charge in [0.15, 0.2) is 0 Å². The second-order valence-electron chi connectivity index (χ2n) is 4.33. The molecule has 1 fully saturated rings. The number of thioether (sulfide) groups is 1. The number of ether oxygens (including phenoxy) is 1. The van der Waals surface area contributed by atoms with Gasteiger partial charge in [-0.1, -0.05) is 40.3 Å². The standard InChI is InChI=1S/C13H16FIOS/c1-9-2-4-11(5-3-9)17-8-13-12(14)6-10(7-15)16-13/h2-5,10,12-13H,6-8H2,1H3/t10-,12-,13+/m1/s1. The lowest BCUT2D eigenvalue weighted by Gasteiger charge is -2.12. The third kappa shape index (κ3) is 3.83. The molecular formula is C13H16FIOS. The van der Waals surface area contributed by atoms with Gasteiger partial charge in [0.05, 0.1) is 12.2 Å². The maximum absolute atomic E-state index is 13.7. The Balaban J connectivity index is 1.84. The van der Waals surface area contributed by atoms with E-state index in [0.717, 1.165) is 4.43 Å². The van der Waals surface area contributed by atoms with E-state index in [1.807, 2.05) is 0 Å². The van der Waals surface area contributed by atoms with Crippen LogP contribution in [0.5, 0.6) is 0 Å². The van der Waals surface area contributed by atoms with Crippen molar-refractivity contribution in [2.45, 2.75) is 36.6 Å². The SMILES string of the molecule is Cc1ccc(SC[C@@H]2O[C@@H](CI)C[C@H]2F)cc1. The zero-order valence-electron chi connectivity index (χ0n) is 9.74. The molecule has 2 rings (SSSR count). The van der Waals surface area contributed by atoms with E-state index in [4.69, 9.17) is 4.74 Å². The average Bonchev–Trinajstić information content (AvgIpc) is 2.69. The fourth-order valence-corrected chi connectivity index (χ4v) is 3.39. The fourth-order valence-electron chi connectivity index (χ4n) is 1.85. The van der Waals surface area contributed by atoms with E-state index in [1.165, 1.54) is 10.5 Å². The van der Waals surface area contributed by atoms with Gasteiger partial charge in [0.2, 0.25) is 0 Å². The van der Waals surface area contributed by atoms with Gasteiger partial charge < -0.3 is 4.74 Å². The number of halogens is 2. The predicted octanol–water partition coefficient (Wildman–Crippen LogP) is 4.02. The highest BCUT2D eigenvalue weighted by Gasteiger charge is 2.34. The van der Waals surface area contributed by atoms with Crippen molar-refractivity contribution in [1.29, 1.82) is 0 Å². The summed E-state index contributed by atoms with van der Waals surface area (Å²) in [5.41, 5.74) is 1.25. The van der Waals surface area contributed by atoms with Crippen molar-refractivity contribution in [1.82, 2.24) is 0 Å². The van der Waals surface area contributed by atoms with Gasteiger partial charge in [0, 0.05) is 21.5 Å². The third-order valence-electron chi connectivity index (χ3n) is 2.87. The molecule has 94 valence electrons. The number of aryl methyl sites for hydroxylation is 1. The number of benzene rings is 1. The number of hydrogen-bond donors (Lipinski definition) is 0. The smallest absolute Gasteiger partial charge is 0.129 e. The van der Waals surface area contributed by atoms with Crippen LogP contribution in [-0.2, 0) is 4.74 Å². The second kappa shape index (κ2) is 6.38. The largest absolute Gasteiger partial charge is 0.370 e. The van der Waals surface area contributed by atoms with Crippen LogP contribution in [-0.4, -0.2) is 28.6 Å². The molecule has 1 aliphatic rings. The fraction of sp³-hybridized carbons (Fsp3) is 0.538. The summed E-state index contributed by atoms with van der Waals surface area (Å²) in [5.74, 6) is 0.706. The Bertz CT molecular complexity index is 357. The Morgan fingerprint density at radius 1 is 1.41 bits per heavy atom. The Morgan fingerprint density at radius 3 is 2.71 bits per heavy atom. The molecule has 0 N–H and O–H groups in total. The lowest BCUT2D eigenvalue weighted by Crippen LogP contribution is -2.20. The van der Waals surface area contributed by atoms with E-state index in [-0.39, 0.29) is 12.2 Å². The Hall–Kier alpha value is 0.190. The molecular weight excluding hydrogens is 350 g/mol. The normalized spacial score (nSPS) is 28.5. The molecule has 1 aromatic rings. The molecule has 4 heteroatoms. The zero-order chi connectivity index (χ0) is 12.3. The van der Waals surface area contributed by atoms with Crippen LogP contribution in [0.15, 0.2) is 29.2 Å². The summed E-state index contributed by atoms with van der Waals surface area (Å²) in [5, 5.41) is 0. The minimum Gasteiger partial charge on any atom is -0.370 e. The molecule has 3 atom stereocenters. The van der Waals surface area contributed by atoms with Gasteiger partial charge in [-0.2, -0.15) is 0 Å². The quantitative estimate of drug-likeness (QED) is 0.452. The molecule has 1 aliphatic heterocycles. The molecule has 0 spiro atoms. The summed E-state index contributed by atoms with van der Waals surface area (Å²) < 4.78 is 20.2. The molecule has 0 radical (unpaired) electrons. The average molecular weight is 366 g/mol. The Kier molecular flexibility index (Phi) is 5.11. The van der Waals surface area contributed by atoms with E-state index in [9.17, 15) is 4.39 Å². The number of alkyl halides is 2. The van der Waals surface area contributed by atoms with Crippen LogP contribution >= 0.6 is 34.4 Å². The molecule has 0 aliphatic carbocycles. The van der Waals surface area contributed by atoms with Crippen LogP contribution in [0.1, 0.15) is 12.0 Å². The molecule has 1 nitrogen and oxygen atoms in total. The molecule has 0 saturated carbocycles. The summed E-state index contributed by atoms with van der Waals surface area (Å²) in [6.07, 6.45) is -0.370. The highest BCUT2D eigenvalue weighted by atomic mass is 127. The number of hydrogen-bond acceptors (Lipinski definition) is 2. The van der Waals surface area contributed by atoms with Crippen molar-refractivity contribution in [3.8, 4) is 0 Å². The van der Waals surface area contributed by atoms with Crippen molar-refractivity contribution < 1.29 is 9.13 Å². The lowest BCUT2D eigenvalue weighted by atomic mass is 10.2. The first-order valence-electron chi connectivity index (χ1n) is 5.74. The molecule has 0 unspecified atom stereocenters.